The summed E-state index contributed by atoms with van der Waals surface area (Å²) in [4.78, 5) is 24.5. The third kappa shape index (κ3) is 1.97. The number of carboxylic acid groups (broad SMARTS) is 1. The van der Waals surface area contributed by atoms with Crippen LogP contribution in [0.2, 0.25) is 0 Å². The third-order valence-electron chi connectivity index (χ3n) is 3.07. The Bertz CT molecular complexity index is 476. The number of carbonyl (C=O) groups excluding carboxylic acids is 1. The lowest BCUT2D eigenvalue weighted by atomic mass is 10.1. The number of aliphatic carboxylic acids is 1. The summed E-state index contributed by atoms with van der Waals surface area (Å²) in [6, 6.07) is -0.999. The minimum absolute atomic E-state index is 0.0138. The molecule has 18 heavy (non-hydrogen) atoms. The Kier molecular flexibility index (Phi) is 3.08. The molecule has 1 aromatic heterocycles. The lowest BCUT2D eigenvalue weighted by Crippen LogP contribution is -2.40. The molecule has 1 amide bonds. The standard InChI is InChI=1S/C11H14N2O5/c1-5-9(6(2)18-12-5)10(15)13-4-7(14)3-8(13)11(16)17/h7-8,14H,3-4H2,1-2H3,(H,16,17)/t7-,8-/m1/s1. The number of amides is 1. The highest BCUT2D eigenvalue weighted by atomic mass is 16.5. The first-order chi connectivity index (χ1) is 8.41. The van der Waals surface area contributed by atoms with Crippen LogP contribution in [0.15, 0.2) is 4.52 Å². The summed E-state index contributed by atoms with van der Waals surface area (Å²) in [5, 5.41) is 22.2. The van der Waals surface area contributed by atoms with Gasteiger partial charge >= 0.3 is 5.97 Å². The van der Waals surface area contributed by atoms with Crippen LogP contribution in [0.4, 0.5) is 0 Å². The topological polar surface area (TPSA) is 104 Å². The number of aliphatic hydroxyl groups excluding tert-OH is 1. The summed E-state index contributed by atoms with van der Waals surface area (Å²) in [6.07, 6.45) is -0.764. The van der Waals surface area contributed by atoms with Gasteiger partial charge in [0.05, 0.1) is 11.8 Å². The first-order valence-corrected chi connectivity index (χ1v) is 5.56. The minimum Gasteiger partial charge on any atom is -0.480 e. The van der Waals surface area contributed by atoms with Crippen LogP contribution in [0, 0.1) is 13.8 Å². The van der Waals surface area contributed by atoms with Crippen LogP contribution >= 0.6 is 0 Å². The van der Waals surface area contributed by atoms with Crippen molar-refractivity contribution in [2.45, 2.75) is 32.4 Å². The lowest BCUT2D eigenvalue weighted by molar-refractivity contribution is -0.141. The van der Waals surface area contributed by atoms with Gasteiger partial charge in [0.2, 0.25) is 0 Å². The summed E-state index contributed by atoms with van der Waals surface area (Å²) < 4.78 is 4.89. The Morgan fingerprint density at radius 3 is 2.61 bits per heavy atom. The highest BCUT2D eigenvalue weighted by Crippen LogP contribution is 2.23. The fourth-order valence-electron chi connectivity index (χ4n) is 2.20. The van der Waals surface area contributed by atoms with Gasteiger partial charge in [-0.05, 0) is 13.8 Å². The molecule has 0 saturated carbocycles. The number of carbonyl (C=O) groups is 2. The quantitative estimate of drug-likeness (QED) is 0.767. The molecule has 0 aliphatic carbocycles. The van der Waals surface area contributed by atoms with Crippen LogP contribution in [0.25, 0.3) is 0 Å². The maximum atomic E-state index is 12.3. The van der Waals surface area contributed by atoms with Gasteiger partial charge in [0.15, 0.2) is 0 Å². The Hall–Kier alpha value is -1.89. The number of β-amino-alcohol motifs (C(OH)–C–C–N with tert-alkyl or cyclic N) is 1. The highest BCUT2D eigenvalue weighted by Gasteiger charge is 2.40. The Balaban J connectivity index is 2.31. The first kappa shape index (κ1) is 12.6. The van der Waals surface area contributed by atoms with Gasteiger partial charge in [0.25, 0.3) is 5.91 Å². The minimum atomic E-state index is -1.12. The van der Waals surface area contributed by atoms with Crippen molar-refractivity contribution in [1.29, 1.82) is 0 Å². The normalized spacial score (nSPS) is 23.4. The van der Waals surface area contributed by atoms with Crippen LogP contribution in [-0.4, -0.2) is 50.8 Å². The first-order valence-electron chi connectivity index (χ1n) is 5.56. The summed E-state index contributed by atoms with van der Waals surface area (Å²) >= 11 is 0. The van der Waals surface area contributed by atoms with Crippen molar-refractivity contribution in [3.8, 4) is 0 Å². The van der Waals surface area contributed by atoms with E-state index in [4.69, 9.17) is 9.63 Å². The number of hydrogen-bond donors (Lipinski definition) is 2. The van der Waals surface area contributed by atoms with E-state index in [9.17, 15) is 14.7 Å². The average Bonchev–Trinajstić information content (AvgIpc) is 2.82. The van der Waals surface area contributed by atoms with E-state index in [-0.39, 0.29) is 18.5 Å². The second-order valence-electron chi connectivity index (χ2n) is 4.40. The molecule has 0 aromatic carbocycles. The van der Waals surface area contributed by atoms with Crippen LogP contribution in [0.5, 0.6) is 0 Å². The van der Waals surface area contributed by atoms with E-state index in [1.165, 1.54) is 0 Å². The molecule has 98 valence electrons. The monoisotopic (exact) mass is 254 g/mol. The zero-order valence-corrected chi connectivity index (χ0v) is 10.1. The Labute approximate surface area is 103 Å². The maximum absolute atomic E-state index is 12.3. The van der Waals surface area contributed by atoms with E-state index in [2.05, 4.69) is 5.16 Å². The SMILES string of the molecule is Cc1noc(C)c1C(=O)N1C[C@H](O)C[C@@H]1C(=O)O. The summed E-state index contributed by atoms with van der Waals surface area (Å²) in [7, 11) is 0. The van der Waals surface area contributed by atoms with Gasteiger partial charge in [-0.2, -0.15) is 0 Å². The van der Waals surface area contributed by atoms with Gasteiger partial charge < -0.3 is 19.6 Å². The summed E-state index contributed by atoms with van der Waals surface area (Å²) in [6.45, 7) is 3.22. The van der Waals surface area contributed by atoms with Crippen LogP contribution in [0.3, 0.4) is 0 Å². The number of aryl methyl sites for hydroxylation is 2. The van der Waals surface area contributed by atoms with Gasteiger partial charge in [-0.1, -0.05) is 5.16 Å². The fourth-order valence-corrected chi connectivity index (χ4v) is 2.20. The van der Waals surface area contributed by atoms with E-state index in [0.717, 1.165) is 4.90 Å². The Morgan fingerprint density at radius 1 is 1.44 bits per heavy atom. The van der Waals surface area contributed by atoms with E-state index < -0.39 is 24.0 Å². The van der Waals surface area contributed by atoms with Crippen molar-refractivity contribution in [2.75, 3.05) is 6.54 Å². The Morgan fingerprint density at radius 2 is 2.11 bits per heavy atom. The van der Waals surface area contributed by atoms with E-state index in [1.807, 2.05) is 0 Å². The number of aliphatic hydroxyl groups is 1. The van der Waals surface area contributed by atoms with E-state index in [0.29, 0.717) is 11.5 Å². The molecule has 1 fully saturated rings. The zero-order chi connectivity index (χ0) is 13.4. The van der Waals surface area contributed by atoms with Gasteiger partial charge in [0, 0.05) is 13.0 Å². The molecule has 1 saturated heterocycles. The molecule has 1 aromatic rings. The molecule has 7 heteroatoms. The molecule has 0 unspecified atom stereocenters. The van der Waals surface area contributed by atoms with Crippen molar-refractivity contribution >= 4 is 11.9 Å². The molecule has 2 rings (SSSR count). The maximum Gasteiger partial charge on any atom is 0.326 e. The number of aromatic nitrogens is 1. The molecule has 2 N–H and O–H groups in total. The second-order valence-corrected chi connectivity index (χ2v) is 4.40. The number of hydrogen-bond acceptors (Lipinski definition) is 5. The molecule has 7 nitrogen and oxygen atoms in total. The molecule has 0 bridgehead atoms. The second kappa shape index (κ2) is 4.41. The number of nitrogens with zero attached hydrogens (tertiary/aromatic N) is 2. The summed E-state index contributed by atoms with van der Waals surface area (Å²) in [5.74, 6) is -1.23. The van der Waals surface area contributed by atoms with Gasteiger partial charge in [-0.15, -0.1) is 0 Å². The number of rotatable bonds is 2. The van der Waals surface area contributed by atoms with E-state index in [1.54, 1.807) is 13.8 Å². The van der Waals surface area contributed by atoms with Crippen LogP contribution in [-0.2, 0) is 4.79 Å². The highest BCUT2D eigenvalue weighted by molar-refractivity contribution is 5.98. The van der Waals surface area contributed by atoms with Crippen molar-refractivity contribution in [3.05, 3.63) is 17.0 Å². The van der Waals surface area contributed by atoms with Gasteiger partial charge in [0.1, 0.15) is 17.4 Å². The van der Waals surface area contributed by atoms with Crippen molar-refractivity contribution < 1.29 is 24.3 Å². The average molecular weight is 254 g/mol. The van der Waals surface area contributed by atoms with Crippen LogP contribution in [0.1, 0.15) is 28.2 Å². The van der Waals surface area contributed by atoms with Crippen molar-refractivity contribution in [3.63, 3.8) is 0 Å². The third-order valence-corrected chi connectivity index (χ3v) is 3.07. The summed E-state index contributed by atoms with van der Waals surface area (Å²) in [5.41, 5.74) is 0.693. The number of carboxylic acids is 1. The molecule has 2 heterocycles. The molecule has 1 aliphatic heterocycles. The molecular weight excluding hydrogens is 240 g/mol. The smallest absolute Gasteiger partial charge is 0.326 e. The van der Waals surface area contributed by atoms with Crippen LogP contribution < -0.4 is 0 Å². The fraction of sp³-hybridized carbons (Fsp3) is 0.545. The molecule has 2 atom stereocenters. The number of likely N-dealkylation sites (tertiary alicyclic amines) is 1. The molecule has 0 radical (unpaired) electrons. The lowest BCUT2D eigenvalue weighted by Gasteiger charge is -2.20. The zero-order valence-electron chi connectivity index (χ0n) is 10.1. The largest absolute Gasteiger partial charge is 0.480 e. The van der Waals surface area contributed by atoms with E-state index >= 15 is 0 Å². The van der Waals surface area contributed by atoms with Crippen molar-refractivity contribution in [1.82, 2.24) is 10.1 Å². The molecule has 1 aliphatic rings. The van der Waals surface area contributed by atoms with Gasteiger partial charge in [-0.3, -0.25) is 4.79 Å². The molecular formula is C11H14N2O5. The van der Waals surface area contributed by atoms with Gasteiger partial charge in [-0.25, -0.2) is 4.79 Å². The predicted molar refractivity (Wildman–Crippen MR) is 59.1 cm³/mol. The van der Waals surface area contributed by atoms with Crippen molar-refractivity contribution in [2.24, 2.45) is 0 Å². The predicted octanol–water partition coefficient (Wildman–Crippen LogP) is -0.0486. The molecule has 0 spiro atoms.